The molecule has 1 aromatic heterocycles. The Bertz CT molecular complexity index is 477. The maximum atomic E-state index is 12.4. The van der Waals surface area contributed by atoms with E-state index >= 15 is 0 Å². The molecule has 0 radical (unpaired) electrons. The van der Waals surface area contributed by atoms with Gasteiger partial charge in [-0.25, -0.2) is 0 Å². The molecule has 0 bridgehead atoms. The molecule has 0 aromatic carbocycles. The SMILES string of the molecule is CC1CNCC(C)N1C(=O)c1ccc(C(F)(F)F)nc1. The zero-order chi connectivity index (χ0) is 14.9. The van der Waals surface area contributed by atoms with E-state index in [1.165, 1.54) is 6.07 Å². The summed E-state index contributed by atoms with van der Waals surface area (Å²) in [4.78, 5) is 17.4. The minimum Gasteiger partial charge on any atom is -0.331 e. The van der Waals surface area contributed by atoms with Crippen molar-refractivity contribution in [3.05, 3.63) is 29.6 Å². The summed E-state index contributed by atoms with van der Waals surface area (Å²) in [5.41, 5.74) is -0.811. The average molecular weight is 287 g/mol. The minimum absolute atomic E-state index is 0.00598. The molecule has 1 saturated heterocycles. The Kier molecular flexibility index (Phi) is 3.99. The van der Waals surface area contributed by atoms with Gasteiger partial charge in [-0.15, -0.1) is 0 Å². The van der Waals surface area contributed by atoms with E-state index in [0.717, 1.165) is 12.3 Å². The summed E-state index contributed by atoms with van der Waals surface area (Å²) in [6, 6.07) is 2.01. The molecule has 0 aliphatic carbocycles. The van der Waals surface area contributed by atoms with Gasteiger partial charge in [0.05, 0.1) is 5.56 Å². The molecule has 20 heavy (non-hydrogen) atoms. The van der Waals surface area contributed by atoms with Gasteiger partial charge in [0.2, 0.25) is 0 Å². The summed E-state index contributed by atoms with van der Waals surface area (Å²) in [6.45, 7) is 5.14. The maximum Gasteiger partial charge on any atom is 0.433 e. The van der Waals surface area contributed by atoms with Gasteiger partial charge in [-0.2, -0.15) is 13.2 Å². The van der Waals surface area contributed by atoms with Crippen LogP contribution < -0.4 is 5.32 Å². The van der Waals surface area contributed by atoms with E-state index in [-0.39, 0.29) is 23.6 Å². The number of nitrogens with zero attached hydrogens (tertiary/aromatic N) is 2. The van der Waals surface area contributed by atoms with Gasteiger partial charge in [0.15, 0.2) is 0 Å². The van der Waals surface area contributed by atoms with Crippen molar-refractivity contribution in [2.45, 2.75) is 32.1 Å². The lowest BCUT2D eigenvalue weighted by Crippen LogP contribution is -2.57. The van der Waals surface area contributed by atoms with E-state index in [0.29, 0.717) is 13.1 Å². The molecule has 0 spiro atoms. The molecule has 110 valence electrons. The van der Waals surface area contributed by atoms with Crippen LogP contribution in [0.5, 0.6) is 0 Å². The summed E-state index contributed by atoms with van der Waals surface area (Å²) in [6.07, 6.45) is -3.50. The molecular weight excluding hydrogens is 271 g/mol. The zero-order valence-corrected chi connectivity index (χ0v) is 11.2. The van der Waals surface area contributed by atoms with Crippen molar-refractivity contribution in [1.29, 1.82) is 0 Å². The van der Waals surface area contributed by atoms with Crippen molar-refractivity contribution in [2.24, 2.45) is 0 Å². The first-order valence-electron chi connectivity index (χ1n) is 6.37. The molecule has 1 amide bonds. The molecule has 1 fully saturated rings. The Balaban J connectivity index is 2.20. The van der Waals surface area contributed by atoms with Crippen molar-refractivity contribution >= 4 is 5.91 Å². The molecule has 2 heterocycles. The van der Waals surface area contributed by atoms with E-state index in [2.05, 4.69) is 10.3 Å². The van der Waals surface area contributed by atoms with Crippen LogP contribution in [0.3, 0.4) is 0 Å². The Hall–Kier alpha value is -1.63. The van der Waals surface area contributed by atoms with Crippen molar-refractivity contribution in [1.82, 2.24) is 15.2 Å². The van der Waals surface area contributed by atoms with Gasteiger partial charge in [-0.3, -0.25) is 9.78 Å². The molecule has 4 nitrogen and oxygen atoms in total. The molecular formula is C13H16F3N3O. The second-order valence-electron chi connectivity index (χ2n) is 5.00. The summed E-state index contributed by atoms with van der Waals surface area (Å²) in [5, 5.41) is 3.19. The highest BCUT2D eigenvalue weighted by Gasteiger charge is 2.33. The summed E-state index contributed by atoms with van der Waals surface area (Å²) >= 11 is 0. The molecule has 1 aromatic rings. The highest BCUT2D eigenvalue weighted by molar-refractivity contribution is 5.94. The number of alkyl halides is 3. The number of nitrogens with one attached hydrogen (secondary N) is 1. The molecule has 0 saturated carbocycles. The third-order valence-electron chi connectivity index (χ3n) is 3.36. The number of carbonyl (C=O) groups excluding carboxylic acids is 1. The Morgan fingerprint density at radius 2 is 1.90 bits per heavy atom. The number of hydrogen-bond acceptors (Lipinski definition) is 3. The standard InChI is InChI=1S/C13H16F3N3O/c1-8-5-17-6-9(2)19(8)12(20)10-3-4-11(18-7-10)13(14,15)16/h3-4,7-9,17H,5-6H2,1-2H3. The lowest BCUT2D eigenvalue weighted by atomic mass is 10.1. The highest BCUT2D eigenvalue weighted by atomic mass is 19.4. The predicted octanol–water partition coefficient (Wildman–Crippen LogP) is 1.92. The third-order valence-corrected chi connectivity index (χ3v) is 3.36. The monoisotopic (exact) mass is 287 g/mol. The molecule has 7 heteroatoms. The van der Waals surface area contributed by atoms with Crippen LogP contribution in [0.2, 0.25) is 0 Å². The number of piperazine rings is 1. The second kappa shape index (κ2) is 5.40. The smallest absolute Gasteiger partial charge is 0.331 e. The van der Waals surface area contributed by atoms with Crippen LogP contribution in [0, 0.1) is 0 Å². The predicted molar refractivity (Wildman–Crippen MR) is 67.2 cm³/mol. The Labute approximate surface area is 115 Å². The van der Waals surface area contributed by atoms with Crippen LogP contribution in [-0.4, -0.2) is 41.0 Å². The van der Waals surface area contributed by atoms with Crippen molar-refractivity contribution < 1.29 is 18.0 Å². The first kappa shape index (κ1) is 14.8. The number of carbonyl (C=O) groups is 1. The van der Waals surface area contributed by atoms with Gasteiger partial charge >= 0.3 is 6.18 Å². The number of amides is 1. The van der Waals surface area contributed by atoms with Crippen molar-refractivity contribution in [3.8, 4) is 0 Å². The summed E-state index contributed by atoms with van der Waals surface area (Å²) in [5.74, 6) is -0.285. The lowest BCUT2D eigenvalue weighted by Gasteiger charge is -2.39. The van der Waals surface area contributed by atoms with E-state index in [9.17, 15) is 18.0 Å². The number of aromatic nitrogens is 1. The van der Waals surface area contributed by atoms with Crippen LogP contribution >= 0.6 is 0 Å². The van der Waals surface area contributed by atoms with E-state index in [1.54, 1.807) is 4.90 Å². The van der Waals surface area contributed by atoms with Crippen molar-refractivity contribution in [3.63, 3.8) is 0 Å². The van der Waals surface area contributed by atoms with Gasteiger partial charge < -0.3 is 10.2 Å². The van der Waals surface area contributed by atoms with E-state index < -0.39 is 11.9 Å². The van der Waals surface area contributed by atoms with Crippen LogP contribution in [0.25, 0.3) is 0 Å². The Morgan fingerprint density at radius 1 is 1.30 bits per heavy atom. The summed E-state index contributed by atoms with van der Waals surface area (Å²) < 4.78 is 37.3. The Morgan fingerprint density at radius 3 is 2.35 bits per heavy atom. The van der Waals surface area contributed by atoms with Gasteiger partial charge in [0, 0.05) is 31.4 Å². The molecule has 1 aliphatic rings. The number of pyridine rings is 1. The fourth-order valence-corrected chi connectivity index (χ4v) is 2.37. The largest absolute Gasteiger partial charge is 0.433 e. The van der Waals surface area contributed by atoms with E-state index in [4.69, 9.17) is 0 Å². The fourth-order valence-electron chi connectivity index (χ4n) is 2.37. The molecule has 1 N–H and O–H groups in total. The van der Waals surface area contributed by atoms with Crippen LogP contribution in [0.15, 0.2) is 18.3 Å². The molecule has 2 unspecified atom stereocenters. The van der Waals surface area contributed by atoms with Crippen LogP contribution in [0.4, 0.5) is 13.2 Å². The normalized spacial score (nSPS) is 23.8. The van der Waals surface area contributed by atoms with Gasteiger partial charge in [0.25, 0.3) is 5.91 Å². The van der Waals surface area contributed by atoms with Gasteiger partial charge in [-0.1, -0.05) is 0 Å². The first-order chi connectivity index (χ1) is 9.30. The number of hydrogen-bond donors (Lipinski definition) is 1. The highest BCUT2D eigenvalue weighted by Crippen LogP contribution is 2.27. The molecule has 1 aliphatic heterocycles. The molecule has 2 rings (SSSR count). The number of rotatable bonds is 1. The van der Waals surface area contributed by atoms with Crippen molar-refractivity contribution in [2.75, 3.05) is 13.1 Å². The number of halogens is 3. The maximum absolute atomic E-state index is 12.4. The zero-order valence-electron chi connectivity index (χ0n) is 11.2. The average Bonchev–Trinajstić information content (AvgIpc) is 2.37. The second-order valence-corrected chi connectivity index (χ2v) is 5.00. The topological polar surface area (TPSA) is 45.2 Å². The van der Waals surface area contributed by atoms with Gasteiger partial charge in [0.1, 0.15) is 5.69 Å². The fraction of sp³-hybridized carbons (Fsp3) is 0.538. The van der Waals surface area contributed by atoms with Gasteiger partial charge in [-0.05, 0) is 26.0 Å². The quantitative estimate of drug-likeness (QED) is 0.858. The van der Waals surface area contributed by atoms with Crippen LogP contribution in [0.1, 0.15) is 29.9 Å². The first-order valence-corrected chi connectivity index (χ1v) is 6.37. The lowest BCUT2D eigenvalue weighted by molar-refractivity contribution is -0.141. The third kappa shape index (κ3) is 2.92. The van der Waals surface area contributed by atoms with Crippen LogP contribution in [-0.2, 0) is 6.18 Å². The summed E-state index contributed by atoms with van der Waals surface area (Å²) in [7, 11) is 0. The molecule has 2 atom stereocenters. The minimum atomic E-state index is -4.49. The van der Waals surface area contributed by atoms with E-state index in [1.807, 2.05) is 13.8 Å².